The van der Waals surface area contributed by atoms with Crippen LogP contribution in [0.4, 0.5) is 13.2 Å². The van der Waals surface area contributed by atoms with Crippen molar-refractivity contribution in [3.63, 3.8) is 0 Å². The number of alkyl halides is 3. The van der Waals surface area contributed by atoms with Crippen molar-refractivity contribution in [3.05, 3.63) is 23.7 Å². The third-order valence-electron chi connectivity index (χ3n) is 2.47. The van der Waals surface area contributed by atoms with Crippen LogP contribution in [0, 0.1) is 0 Å². The summed E-state index contributed by atoms with van der Waals surface area (Å²) in [7, 11) is 0. The monoisotopic (exact) mass is 293 g/mol. The van der Waals surface area contributed by atoms with Crippen molar-refractivity contribution in [3.8, 4) is 0 Å². The Morgan fingerprint density at radius 2 is 1.90 bits per heavy atom. The van der Waals surface area contributed by atoms with E-state index in [1.54, 1.807) is 6.92 Å². The van der Waals surface area contributed by atoms with Gasteiger partial charge in [0.25, 0.3) is 5.91 Å². The highest BCUT2D eigenvalue weighted by Gasteiger charge is 2.34. The molecule has 0 spiro atoms. The van der Waals surface area contributed by atoms with E-state index in [0.29, 0.717) is 17.7 Å². The average molecular weight is 293 g/mol. The van der Waals surface area contributed by atoms with Crippen LogP contribution in [0.25, 0.3) is 0 Å². The molecule has 0 saturated heterocycles. The summed E-state index contributed by atoms with van der Waals surface area (Å²) < 4.78 is 42.0. The number of carbonyl (C=O) groups is 2. The van der Waals surface area contributed by atoms with Crippen LogP contribution < -0.4 is 0 Å². The van der Waals surface area contributed by atoms with Crippen LogP contribution in [-0.2, 0) is 0 Å². The fourth-order valence-electron chi connectivity index (χ4n) is 1.54. The first kappa shape index (κ1) is 16.1. The predicted octanol–water partition coefficient (Wildman–Crippen LogP) is 2.78. The van der Waals surface area contributed by atoms with Gasteiger partial charge in [-0.05, 0) is 18.6 Å². The molecule has 0 aliphatic heterocycles. The van der Waals surface area contributed by atoms with Gasteiger partial charge < -0.3 is 14.4 Å². The maximum atomic E-state index is 12.4. The number of hydrogen-bond donors (Lipinski definition) is 1. The summed E-state index contributed by atoms with van der Waals surface area (Å²) in [4.78, 5) is 23.1. The molecule has 5 nitrogen and oxygen atoms in total. The van der Waals surface area contributed by atoms with Crippen LogP contribution in [0.15, 0.2) is 16.5 Å². The highest BCUT2D eigenvalue weighted by atomic mass is 19.4. The average Bonchev–Trinajstić information content (AvgIpc) is 2.81. The number of unbranched alkanes of at least 4 members (excludes halogenated alkanes) is 1. The van der Waals surface area contributed by atoms with Gasteiger partial charge in [0.05, 0.1) is 0 Å². The Labute approximate surface area is 113 Å². The Hall–Kier alpha value is -1.99. The second-order valence-electron chi connectivity index (χ2n) is 4.16. The van der Waals surface area contributed by atoms with E-state index in [1.165, 1.54) is 0 Å². The number of carboxylic acid groups (broad SMARTS) is 1. The molecule has 8 heteroatoms. The highest BCUT2D eigenvalue weighted by molar-refractivity contribution is 5.93. The zero-order chi connectivity index (χ0) is 15.3. The topological polar surface area (TPSA) is 70.8 Å². The van der Waals surface area contributed by atoms with Gasteiger partial charge in [-0.2, -0.15) is 13.2 Å². The first-order valence-corrected chi connectivity index (χ1v) is 5.93. The molecule has 0 radical (unpaired) electrons. The molecule has 0 aliphatic rings. The van der Waals surface area contributed by atoms with Crippen molar-refractivity contribution < 1.29 is 32.3 Å². The predicted molar refractivity (Wildman–Crippen MR) is 62.5 cm³/mol. The zero-order valence-corrected chi connectivity index (χ0v) is 10.7. The van der Waals surface area contributed by atoms with E-state index < -0.39 is 36.1 Å². The standard InChI is InChI=1S/C12H14F3NO4/c1-2-3-6-16(7-12(13,14)15)10(17)8-4-5-9(20-8)11(18)19/h4-5H,2-3,6-7H2,1H3,(H,18,19). The van der Waals surface area contributed by atoms with E-state index >= 15 is 0 Å². The van der Waals surface area contributed by atoms with Crippen LogP contribution in [0.5, 0.6) is 0 Å². The number of hydrogen-bond acceptors (Lipinski definition) is 3. The number of carboxylic acids is 1. The van der Waals surface area contributed by atoms with Gasteiger partial charge in [0.1, 0.15) is 6.54 Å². The van der Waals surface area contributed by atoms with E-state index in [1.807, 2.05) is 0 Å². The number of carbonyl (C=O) groups excluding carboxylic acids is 1. The number of furan rings is 1. The van der Waals surface area contributed by atoms with Crippen LogP contribution in [-0.4, -0.2) is 41.1 Å². The largest absolute Gasteiger partial charge is 0.475 e. The molecule has 0 aliphatic carbocycles. The van der Waals surface area contributed by atoms with Gasteiger partial charge in [-0.25, -0.2) is 4.79 Å². The maximum Gasteiger partial charge on any atom is 0.406 e. The van der Waals surface area contributed by atoms with Crippen molar-refractivity contribution in [2.45, 2.75) is 25.9 Å². The Kier molecular flexibility index (Phi) is 5.18. The Bertz CT molecular complexity index is 481. The van der Waals surface area contributed by atoms with Crippen molar-refractivity contribution in [1.82, 2.24) is 4.90 Å². The molecule has 1 rings (SSSR count). The molecule has 0 saturated carbocycles. The molecule has 0 fully saturated rings. The van der Waals surface area contributed by atoms with E-state index in [9.17, 15) is 22.8 Å². The summed E-state index contributed by atoms with van der Waals surface area (Å²) in [5, 5.41) is 8.65. The van der Waals surface area contributed by atoms with Gasteiger partial charge in [-0.1, -0.05) is 13.3 Å². The molecule has 1 N–H and O–H groups in total. The fraction of sp³-hybridized carbons (Fsp3) is 0.500. The maximum absolute atomic E-state index is 12.4. The second kappa shape index (κ2) is 6.44. The quantitative estimate of drug-likeness (QED) is 0.875. The summed E-state index contributed by atoms with van der Waals surface area (Å²) in [5.74, 6) is -3.26. The molecular formula is C12H14F3NO4. The van der Waals surface area contributed by atoms with Crippen molar-refractivity contribution in [2.24, 2.45) is 0 Å². The number of rotatable bonds is 6. The SMILES string of the molecule is CCCCN(CC(F)(F)F)C(=O)c1ccc(C(=O)O)o1. The smallest absolute Gasteiger partial charge is 0.406 e. The van der Waals surface area contributed by atoms with Gasteiger partial charge in [-0.3, -0.25) is 4.79 Å². The summed E-state index contributed by atoms with van der Waals surface area (Å²) in [6.45, 7) is 0.318. The minimum Gasteiger partial charge on any atom is -0.475 e. The summed E-state index contributed by atoms with van der Waals surface area (Å²) >= 11 is 0. The minimum atomic E-state index is -4.52. The number of amides is 1. The molecule has 0 atom stereocenters. The minimum absolute atomic E-state index is 0.0715. The Morgan fingerprint density at radius 3 is 2.35 bits per heavy atom. The lowest BCUT2D eigenvalue weighted by atomic mass is 10.3. The Morgan fingerprint density at radius 1 is 1.30 bits per heavy atom. The molecule has 1 aromatic heterocycles. The molecule has 0 unspecified atom stereocenters. The van der Waals surface area contributed by atoms with E-state index in [4.69, 9.17) is 9.52 Å². The van der Waals surface area contributed by atoms with Crippen LogP contribution in [0.3, 0.4) is 0 Å². The van der Waals surface area contributed by atoms with E-state index in [0.717, 1.165) is 12.1 Å². The van der Waals surface area contributed by atoms with Crippen LogP contribution in [0.2, 0.25) is 0 Å². The van der Waals surface area contributed by atoms with Crippen molar-refractivity contribution in [1.29, 1.82) is 0 Å². The lowest BCUT2D eigenvalue weighted by molar-refractivity contribution is -0.141. The third kappa shape index (κ3) is 4.60. The van der Waals surface area contributed by atoms with Gasteiger partial charge in [0, 0.05) is 6.54 Å². The normalized spacial score (nSPS) is 11.4. The second-order valence-corrected chi connectivity index (χ2v) is 4.16. The number of aromatic carboxylic acids is 1. The molecule has 0 aromatic carbocycles. The van der Waals surface area contributed by atoms with E-state index in [2.05, 4.69) is 0 Å². The third-order valence-corrected chi connectivity index (χ3v) is 2.47. The van der Waals surface area contributed by atoms with Gasteiger partial charge >= 0.3 is 12.1 Å². The van der Waals surface area contributed by atoms with Crippen LogP contribution in [0.1, 0.15) is 40.9 Å². The van der Waals surface area contributed by atoms with Crippen LogP contribution >= 0.6 is 0 Å². The highest BCUT2D eigenvalue weighted by Crippen LogP contribution is 2.19. The summed E-state index contributed by atoms with van der Waals surface area (Å²) in [6.07, 6.45) is -3.49. The molecule has 112 valence electrons. The number of halogens is 3. The first-order valence-electron chi connectivity index (χ1n) is 5.93. The molecule has 20 heavy (non-hydrogen) atoms. The van der Waals surface area contributed by atoms with Crippen molar-refractivity contribution >= 4 is 11.9 Å². The molecule has 1 amide bonds. The van der Waals surface area contributed by atoms with Gasteiger partial charge in [-0.15, -0.1) is 0 Å². The lowest BCUT2D eigenvalue weighted by Crippen LogP contribution is -2.39. The molecular weight excluding hydrogens is 279 g/mol. The molecule has 1 heterocycles. The Balaban J connectivity index is 2.87. The first-order chi connectivity index (χ1) is 9.24. The van der Waals surface area contributed by atoms with Crippen molar-refractivity contribution in [2.75, 3.05) is 13.1 Å². The van der Waals surface area contributed by atoms with Gasteiger partial charge in [0.15, 0.2) is 5.76 Å². The van der Waals surface area contributed by atoms with E-state index in [-0.39, 0.29) is 6.54 Å². The summed E-state index contributed by atoms with van der Waals surface area (Å²) in [5.41, 5.74) is 0. The molecule has 1 aromatic rings. The molecule has 0 bridgehead atoms. The lowest BCUT2D eigenvalue weighted by Gasteiger charge is -2.22. The summed E-state index contributed by atoms with van der Waals surface area (Å²) in [6, 6.07) is 2.09. The van der Waals surface area contributed by atoms with Gasteiger partial charge in [0.2, 0.25) is 5.76 Å². The zero-order valence-electron chi connectivity index (χ0n) is 10.7. The fourth-order valence-corrected chi connectivity index (χ4v) is 1.54. The number of nitrogens with zero attached hydrogens (tertiary/aromatic N) is 1.